The number of aryl methyl sites for hydroxylation is 1. The van der Waals surface area contributed by atoms with E-state index in [0.29, 0.717) is 21.8 Å². The van der Waals surface area contributed by atoms with E-state index in [4.69, 9.17) is 0 Å². The van der Waals surface area contributed by atoms with Crippen LogP contribution in [0.5, 0.6) is 0 Å². The predicted octanol–water partition coefficient (Wildman–Crippen LogP) is 2.45. The smallest absolute Gasteiger partial charge is 0.211 e. The van der Waals surface area contributed by atoms with Crippen LogP contribution in [-0.4, -0.2) is 15.0 Å². The maximum Gasteiger partial charge on any atom is 0.241 e. The minimum atomic E-state index is -3.36. The first-order valence-electron chi connectivity index (χ1n) is 5.25. The number of rotatable bonds is 4. The zero-order chi connectivity index (χ0) is 11.8. The zero-order valence-electron chi connectivity index (χ0n) is 9.03. The van der Waals surface area contributed by atoms with Crippen LogP contribution in [0.15, 0.2) is 27.6 Å². The first kappa shape index (κ1) is 12.1. The van der Waals surface area contributed by atoms with E-state index >= 15 is 0 Å². The maximum atomic E-state index is 12.0. The SMILES string of the molecule is Cc1ccc(S(=O)(=O)NCC2CC2)c(Br)c1. The van der Waals surface area contributed by atoms with Crippen molar-refractivity contribution in [3.05, 3.63) is 28.2 Å². The standard InChI is InChI=1S/C11H14BrNO2S/c1-8-2-5-11(10(12)6-8)16(14,15)13-7-9-3-4-9/h2,5-6,9,13H,3-4,7H2,1H3. The second-order valence-electron chi connectivity index (χ2n) is 4.23. The summed E-state index contributed by atoms with van der Waals surface area (Å²) in [5, 5.41) is 0. The van der Waals surface area contributed by atoms with Gasteiger partial charge in [-0.1, -0.05) is 6.07 Å². The van der Waals surface area contributed by atoms with Crippen molar-refractivity contribution in [3.63, 3.8) is 0 Å². The Balaban J connectivity index is 2.20. The summed E-state index contributed by atoms with van der Waals surface area (Å²) in [7, 11) is -3.36. The van der Waals surface area contributed by atoms with Gasteiger partial charge in [0, 0.05) is 11.0 Å². The van der Waals surface area contributed by atoms with E-state index in [2.05, 4.69) is 20.7 Å². The Morgan fingerprint density at radius 3 is 2.69 bits per heavy atom. The van der Waals surface area contributed by atoms with Gasteiger partial charge in [0.25, 0.3) is 0 Å². The lowest BCUT2D eigenvalue weighted by Gasteiger charge is -2.08. The normalized spacial score (nSPS) is 16.4. The highest BCUT2D eigenvalue weighted by atomic mass is 79.9. The number of hydrogen-bond acceptors (Lipinski definition) is 2. The number of halogens is 1. The van der Waals surface area contributed by atoms with E-state index in [9.17, 15) is 8.42 Å². The summed E-state index contributed by atoms with van der Waals surface area (Å²) in [4.78, 5) is 0.318. The molecule has 0 radical (unpaired) electrons. The molecule has 2 rings (SSSR count). The van der Waals surface area contributed by atoms with Gasteiger partial charge in [-0.05, 0) is 59.3 Å². The van der Waals surface area contributed by atoms with Crippen LogP contribution >= 0.6 is 15.9 Å². The second-order valence-corrected chi connectivity index (χ2v) is 6.82. The lowest BCUT2D eigenvalue weighted by Crippen LogP contribution is -2.26. The van der Waals surface area contributed by atoms with Crippen molar-refractivity contribution >= 4 is 26.0 Å². The summed E-state index contributed by atoms with van der Waals surface area (Å²) in [6, 6.07) is 5.25. The molecule has 0 spiro atoms. The van der Waals surface area contributed by atoms with Crippen LogP contribution in [0.2, 0.25) is 0 Å². The first-order valence-corrected chi connectivity index (χ1v) is 7.52. The highest BCUT2D eigenvalue weighted by Gasteiger charge is 2.25. The average molecular weight is 304 g/mol. The Bertz CT molecular complexity index is 495. The fourth-order valence-electron chi connectivity index (χ4n) is 1.45. The summed E-state index contributed by atoms with van der Waals surface area (Å²) in [5.74, 6) is 0.541. The van der Waals surface area contributed by atoms with Gasteiger partial charge in [0.15, 0.2) is 0 Å². The molecule has 16 heavy (non-hydrogen) atoms. The Kier molecular flexibility index (Phi) is 3.37. The number of benzene rings is 1. The van der Waals surface area contributed by atoms with Crippen molar-refractivity contribution in [2.75, 3.05) is 6.54 Å². The van der Waals surface area contributed by atoms with Gasteiger partial charge in [-0.25, -0.2) is 13.1 Å². The maximum absolute atomic E-state index is 12.0. The minimum absolute atomic E-state index is 0.318. The third-order valence-corrected chi connectivity index (χ3v) is 5.04. The Hall–Kier alpha value is -0.390. The molecule has 1 aliphatic rings. The molecular formula is C11H14BrNO2S. The molecule has 0 bridgehead atoms. The molecule has 0 unspecified atom stereocenters. The molecule has 0 aliphatic heterocycles. The van der Waals surface area contributed by atoms with Gasteiger partial charge < -0.3 is 0 Å². The predicted molar refractivity (Wildman–Crippen MR) is 66.8 cm³/mol. The van der Waals surface area contributed by atoms with Crippen LogP contribution in [0.25, 0.3) is 0 Å². The van der Waals surface area contributed by atoms with Crippen molar-refractivity contribution in [2.45, 2.75) is 24.7 Å². The molecule has 0 atom stereocenters. The number of nitrogens with one attached hydrogen (secondary N) is 1. The fourth-order valence-corrected chi connectivity index (χ4v) is 3.76. The van der Waals surface area contributed by atoms with Crippen molar-refractivity contribution in [2.24, 2.45) is 5.92 Å². The first-order chi connectivity index (χ1) is 7.49. The zero-order valence-corrected chi connectivity index (χ0v) is 11.4. The Morgan fingerprint density at radius 2 is 2.12 bits per heavy atom. The minimum Gasteiger partial charge on any atom is -0.211 e. The summed E-state index contributed by atoms with van der Waals surface area (Å²) in [6.07, 6.45) is 2.27. The van der Waals surface area contributed by atoms with Gasteiger partial charge in [0.05, 0.1) is 4.90 Å². The van der Waals surface area contributed by atoms with Gasteiger partial charge >= 0.3 is 0 Å². The lowest BCUT2D eigenvalue weighted by atomic mass is 10.2. The largest absolute Gasteiger partial charge is 0.241 e. The van der Waals surface area contributed by atoms with Gasteiger partial charge in [0.1, 0.15) is 0 Å². The molecular weight excluding hydrogens is 290 g/mol. The average Bonchev–Trinajstić information content (AvgIpc) is 2.97. The van der Waals surface area contributed by atoms with Crippen LogP contribution < -0.4 is 4.72 Å². The number of sulfonamides is 1. The quantitative estimate of drug-likeness (QED) is 0.928. The molecule has 1 N–H and O–H groups in total. The van der Waals surface area contributed by atoms with Crippen LogP contribution in [0, 0.1) is 12.8 Å². The highest BCUT2D eigenvalue weighted by molar-refractivity contribution is 9.10. The molecule has 3 nitrogen and oxygen atoms in total. The Morgan fingerprint density at radius 1 is 1.44 bits per heavy atom. The lowest BCUT2D eigenvalue weighted by molar-refractivity contribution is 0.577. The number of hydrogen-bond donors (Lipinski definition) is 1. The fraction of sp³-hybridized carbons (Fsp3) is 0.455. The van der Waals surface area contributed by atoms with E-state index in [0.717, 1.165) is 18.4 Å². The molecule has 0 aromatic heterocycles. The molecule has 1 aromatic rings. The molecule has 1 saturated carbocycles. The summed E-state index contributed by atoms with van der Waals surface area (Å²) >= 11 is 3.29. The topological polar surface area (TPSA) is 46.2 Å². The Labute approximate surface area is 104 Å². The van der Waals surface area contributed by atoms with Crippen molar-refractivity contribution in [3.8, 4) is 0 Å². The van der Waals surface area contributed by atoms with E-state index in [1.54, 1.807) is 12.1 Å². The van der Waals surface area contributed by atoms with E-state index in [1.165, 1.54) is 0 Å². The van der Waals surface area contributed by atoms with Crippen molar-refractivity contribution in [1.29, 1.82) is 0 Å². The van der Waals surface area contributed by atoms with Gasteiger partial charge in [-0.2, -0.15) is 0 Å². The molecule has 88 valence electrons. The monoisotopic (exact) mass is 303 g/mol. The molecule has 1 aromatic carbocycles. The van der Waals surface area contributed by atoms with E-state index < -0.39 is 10.0 Å². The van der Waals surface area contributed by atoms with Gasteiger partial charge in [0.2, 0.25) is 10.0 Å². The second kappa shape index (κ2) is 4.47. The van der Waals surface area contributed by atoms with Gasteiger partial charge in [-0.3, -0.25) is 0 Å². The molecule has 0 amide bonds. The molecule has 5 heteroatoms. The van der Waals surface area contributed by atoms with E-state index in [1.807, 2.05) is 13.0 Å². The van der Waals surface area contributed by atoms with Crippen molar-refractivity contribution in [1.82, 2.24) is 4.72 Å². The molecule has 1 aliphatic carbocycles. The van der Waals surface area contributed by atoms with Crippen LogP contribution in [0.4, 0.5) is 0 Å². The molecule has 0 saturated heterocycles. The van der Waals surface area contributed by atoms with E-state index in [-0.39, 0.29) is 0 Å². The highest BCUT2D eigenvalue weighted by Crippen LogP contribution is 2.29. The van der Waals surface area contributed by atoms with Crippen LogP contribution in [0.1, 0.15) is 18.4 Å². The van der Waals surface area contributed by atoms with Crippen LogP contribution in [0.3, 0.4) is 0 Å². The molecule has 1 fully saturated rings. The third-order valence-electron chi connectivity index (χ3n) is 2.64. The van der Waals surface area contributed by atoms with Crippen molar-refractivity contribution < 1.29 is 8.42 Å². The summed E-state index contributed by atoms with van der Waals surface area (Å²) < 4.78 is 27.2. The summed E-state index contributed by atoms with van der Waals surface area (Å²) in [5.41, 5.74) is 1.04. The summed E-state index contributed by atoms with van der Waals surface area (Å²) in [6.45, 7) is 2.49. The van der Waals surface area contributed by atoms with Crippen LogP contribution in [-0.2, 0) is 10.0 Å². The van der Waals surface area contributed by atoms with Gasteiger partial charge in [-0.15, -0.1) is 0 Å². The molecule has 0 heterocycles. The third kappa shape index (κ3) is 2.84.